The van der Waals surface area contributed by atoms with Gasteiger partial charge in [-0.15, -0.1) is 0 Å². The van der Waals surface area contributed by atoms with Crippen molar-refractivity contribution in [2.45, 2.75) is 37.4 Å². The molecule has 1 saturated heterocycles. The largest absolute Gasteiger partial charge is 0.395 e. The van der Waals surface area contributed by atoms with Gasteiger partial charge in [0.25, 0.3) is 0 Å². The van der Waals surface area contributed by atoms with Crippen LogP contribution in [0.15, 0.2) is 0 Å². The van der Waals surface area contributed by atoms with Crippen molar-refractivity contribution in [1.82, 2.24) is 10.6 Å². The lowest BCUT2D eigenvalue weighted by Crippen LogP contribution is -2.69. The van der Waals surface area contributed by atoms with E-state index in [2.05, 4.69) is 10.6 Å². The van der Waals surface area contributed by atoms with Crippen molar-refractivity contribution in [1.29, 1.82) is 0 Å². The number of aliphatic hydroxyl groups is 4. The number of amides is 1. The average Bonchev–Trinajstić information content (AvgIpc) is 2.18. The Hall–Kier alpha value is -0.730. The van der Waals surface area contributed by atoms with Crippen LogP contribution >= 0.6 is 0 Å². The van der Waals surface area contributed by atoms with Crippen LogP contribution in [-0.4, -0.2) is 63.5 Å². The molecule has 0 saturated carbocycles. The predicted molar refractivity (Wildman–Crippen MR) is 49.6 cm³/mol. The molecule has 1 amide bonds. The Morgan fingerprint density at radius 2 is 1.93 bits per heavy atom. The topological polar surface area (TPSA) is 122 Å². The van der Waals surface area contributed by atoms with Crippen LogP contribution in [0.1, 0.15) is 6.92 Å². The number of piperidine rings is 1. The molecule has 88 valence electrons. The fourth-order valence-corrected chi connectivity index (χ4v) is 1.62. The van der Waals surface area contributed by atoms with E-state index >= 15 is 0 Å². The molecule has 6 N–H and O–H groups in total. The smallest absolute Gasteiger partial charge is 0.217 e. The van der Waals surface area contributed by atoms with Crippen LogP contribution in [0.25, 0.3) is 0 Å². The summed E-state index contributed by atoms with van der Waals surface area (Å²) in [4.78, 5) is 10.8. The molecule has 1 heterocycles. The number of aliphatic hydroxyl groups excluding tert-OH is 4. The summed E-state index contributed by atoms with van der Waals surface area (Å²) < 4.78 is 0. The highest BCUT2D eigenvalue weighted by Crippen LogP contribution is 2.14. The fourth-order valence-electron chi connectivity index (χ4n) is 1.62. The Kier molecular flexibility index (Phi) is 4.00. The maximum atomic E-state index is 10.8. The Balaban J connectivity index is 2.70. The minimum atomic E-state index is -1.32. The van der Waals surface area contributed by atoms with E-state index in [1.807, 2.05) is 0 Å². The molecule has 0 aromatic rings. The van der Waals surface area contributed by atoms with E-state index in [0.29, 0.717) is 0 Å². The number of hydrogen-bond acceptors (Lipinski definition) is 6. The minimum absolute atomic E-state index is 0.415. The van der Waals surface area contributed by atoms with E-state index in [4.69, 9.17) is 5.11 Å². The summed E-state index contributed by atoms with van der Waals surface area (Å²) >= 11 is 0. The molecule has 1 rings (SSSR count). The summed E-state index contributed by atoms with van der Waals surface area (Å²) in [6, 6.07) is -1.79. The Morgan fingerprint density at radius 3 is 2.40 bits per heavy atom. The van der Waals surface area contributed by atoms with Crippen LogP contribution in [0.5, 0.6) is 0 Å². The second-order valence-electron chi connectivity index (χ2n) is 3.61. The maximum Gasteiger partial charge on any atom is 0.217 e. The highest BCUT2D eigenvalue weighted by atomic mass is 16.3. The Morgan fingerprint density at radius 1 is 1.33 bits per heavy atom. The first-order chi connectivity index (χ1) is 6.97. The Bertz CT molecular complexity index is 237. The molecule has 7 nitrogen and oxygen atoms in total. The van der Waals surface area contributed by atoms with Crippen LogP contribution in [0.2, 0.25) is 0 Å². The van der Waals surface area contributed by atoms with Crippen molar-refractivity contribution < 1.29 is 25.2 Å². The Labute approximate surface area is 86.7 Å². The predicted octanol–water partition coefficient (Wildman–Crippen LogP) is -3.50. The molecule has 0 radical (unpaired) electrons. The fraction of sp³-hybridized carbons (Fsp3) is 0.875. The third kappa shape index (κ3) is 2.64. The quantitative estimate of drug-likeness (QED) is 0.287. The second-order valence-corrected chi connectivity index (χ2v) is 3.61. The highest BCUT2D eigenvalue weighted by molar-refractivity contribution is 5.73. The van der Waals surface area contributed by atoms with Gasteiger partial charge in [0.2, 0.25) is 5.91 Å². The van der Waals surface area contributed by atoms with Crippen LogP contribution in [0, 0.1) is 0 Å². The molecule has 0 aromatic carbocycles. The van der Waals surface area contributed by atoms with Crippen LogP contribution in [0.4, 0.5) is 0 Å². The number of hydrogen-bond donors (Lipinski definition) is 6. The van der Waals surface area contributed by atoms with Gasteiger partial charge in [0.1, 0.15) is 12.3 Å². The average molecular weight is 220 g/mol. The lowest BCUT2D eigenvalue weighted by molar-refractivity contribution is -0.132. The first-order valence-electron chi connectivity index (χ1n) is 4.65. The van der Waals surface area contributed by atoms with Crippen molar-refractivity contribution in [3.05, 3.63) is 0 Å². The van der Waals surface area contributed by atoms with Gasteiger partial charge in [-0.1, -0.05) is 0 Å². The molecular weight excluding hydrogens is 204 g/mol. The summed E-state index contributed by atoms with van der Waals surface area (Å²) in [5, 5.41) is 42.2. The molecular formula is C8H16N2O5. The van der Waals surface area contributed by atoms with Crippen LogP contribution < -0.4 is 10.6 Å². The van der Waals surface area contributed by atoms with Gasteiger partial charge in [-0.3, -0.25) is 10.1 Å². The zero-order valence-corrected chi connectivity index (χ0v) is 8.29. The van der Waals surface area contributed by atoms with Crippen molar-refractivity contribution in [2.75, 3.05) is 6.61 Å². The van der Waals surface area contributed by atoms with Gasteiger partial charge in [-0.25, -0.2) is 0 Å². The number of nitrogens with one attached hydrogen (secondary N) is 2. The van der Waals surface area contributed by atoms with Crippen molar-refractivity contribution in [3.8, 4) is 0 Å². The second kappa shape index (κ2) is 4.86. The summed E-state index contributed by atoms with van der Waals surface area (Å²) in [7, 11) is 0. The number of carbonyl (C=O) groups excluding carboxylic acids is 1. The van der Waals surface area contributed by atoms with Crippen LogP contribution in [0.3, 0.4) is 0 Å². The van der Waals surface area contributed by atoms with Crippen LogP contribution in [-0.2, 0) is 4.79 Å². The molecule has 3 unspecified atom stereocenters. The molecule has 1 aliphatic rings. The SMILES string of the molecule is CC(=O)NC1C(O)NC(CO)[C@@H](O)[C@@H]1O. The summed E-state index contributed by atoms with van der Waals surface area (Å²) in [5.41, 5.74) is 0. The summed E-state index contributed by atoms with van der Waals surface area (Å²) in [6.07, 6.45) is -3.76. The first-order valence-corrected chi connectivity index (χ1v) is 4.65. The van der Waals surface area contributed by atoms with E-state index in [9.17, 15) is 20.1 Å². The molecule has 0 spiro atoms. The zero-order chi connectivity index (χ0) is 11.6. The normalized spacial score (nSPS) is 41.3. The van der Waals surface area contributed by atoms with E-state index < -0.39 is 43.0 Å². The van der Waals surface area contributed by atoms with Gasteiger partial charge in [-0.05, 0) is 0 Å². The first kappa shape index (κ1) is 12.3. The summed E-state index contributed by atoms with van der Waals surface area (Å²) in [5.74, 6) is -0.422. The molecule has 0 bridgehead atoms. The molecule has 0 aliphatic carbocycles. The third-order valence-corrected chi connectivity index (χ3v) is 2.42. The minimum Gasteiger partial charge on any atom is -0.395 e. The van der Waals surface area contributed by atoms with E-state index in [-0.39, 0.29) is 0 Å². The van der Waals surface area contributed by atoms with E-state index in [0.717, 1.165) is 0 Å². The van der Waals surface area contributed by atoms with Gasteiger partial charge in [0.05, 0.1) is 24.8 Å². The number of carbonyl (C=O) groups is 1. The van der Waals surface area contributed by atoms with Gasteiger partial charge in [-0.2, -0.15) is 0 Å². The van der Waals surface area contributed by atoms with E-state index in [1.54, 1.807) is 0 Å². The van der Waals surface area contributed by atoms with Gasteiger partial charge in [0.15, 0.2) is 0 Å². The number of rotatable bonds is 2. The lowest BCUT2D eigenvalue weighted by Gasteiger charge is -2.41. The molecule has 5 atom stereocenters. The maximum absolute atomic E-state index is 10.8. The van der Waals surface area contributed by atoms with Gasteiger partial charge < -0.3 is 25.7 Å². The zero-order valence-electron chi connectivity index (χ0n) is 8.29. The molecule has 15 heavy (non-hydrogen) atoms. The van der Waals surface area contributed by atoms with Crippen molar-refractivity contribution in [3.63, 3.8) is 0 Å². The van der Waals surface area contributed by atoms with E-state index in [1.165, 1.54) is 6.92 Å². The summed E-state index contributed by atoms with van der Waals surface area (Å²) in [6.45, 7) is 0.825. The van der Waals surface area contributed by atoms with Gasteiger partial charge in [0, 0.05) is 6.92 Å². The molecule has 1 aliphatic heterocycles. The third-order valence-electron chi connectivity index (χ3n) is 2.42. The molecule has 1 fully saturated rings. The lowest BCUT2D eigenvalue weighted by atomic mass is 9.93. The molecule has 7 heteroatoms. The molecule has 0 aromatic heterocycles. The van der Waals surface area contributed by atoms with Crippen molar-refractivity contribution >= 4 is 5.91 Å². The highest BCUT2D eigenvalue weighted by Gasteiger charge is 2.42. The monoisotopic (exact) mass is 220 g/mol. The van der Waals surface area contributed by atoms with Gasteiger partial charge >= 0.3 is 0 Å². The van der Waals surface area contributed by atoms with Crippen molar-refractivity contribution in [2.24, 2.45) is 0 Å². The standard InChI is InChI=1S/C8H16N2O5/c1-3(12)9-5-7(14)6(13)4(2-11)10-8(5)15/h4-8,10-11,13-15H,2H2,1H3,(H,9,12)/t4?,5?,6-,7-,8?/m1/s1.